The fourth-order valence-corrected chi connectivity index (χ4v) is 4.13. The molecule has 4 rings (SSSR count). The second-order valence-electron chi connectivity index (χ2n) is 8.45. The minimum absolute atomic E-state index is 0.0977. The quantitative estimate of drug-likeness (QED) is 0.374. The maximum absolute atomic E-state index is 13.7. The zero-order valence-electron chi connectivity index (χ0n) is 19.7. The van der Waals surface area contributed by atoms with Crippen LogP contribution >= 0.6 is 11.6 Å². The number of hydrogen-bond donors (Lipinski definition) is 3. The van der Waals surface area contributed by atoms with E-state index >= 15 is 0 Å². The van der Waals surface area contributed by atoms with Crippen molar-refractivity contribution in [2.45, 2.75) is 32.8 Å². The standard InChI is InChI=1S/C24H21ClF2N4O6/c1-10-15(29-21(32)17-18(22(33)34)24(17,26)27)8-9-16(28-10)20-19(11(2)31-37-20)30-23(35)36-12(3)13-6-4-5-7-14(13)25/h4-9,12,17-18H,1-3H3,(H,29,32)(H,30,35)(H,33,34)/t12-,17-,18-/m1/s1. The van der Waals surface area contributed by atoms with Gasteiger partial charge in [0.2, 0.25) is 11.7 Å². The molecule has 2 aromatic heterocycles. The summed E-state index contributed by atoms with van der Waals surface area (Å²) in [6.45, 7) is 4.77. The van der Waals surface area contributed by atoms with Gasteiger partial charge in [0.15, 0.2) is 0 Å². The van der Waals surface area contributed by atoms with Gasteiger partial charge in [-0.15, -0.1) is 0 Å². The summed E-state index contributed by atoms with van der Waals surface area (Å²) in [5, 5.41) is 18.0. The highest BCUT2D eigenvalue weighted by Gasteiger charge is 2.76. The van der Waals surface area contributed by atoms with Crippen molar-refractivity contribution in [3.8, 4) is 11.5 Å². The van der Waals surface area contributed by atoms with E-state index in [9.17, 15) is 23.2 Å². The van der Waals surface area contributed by atoms with Crippen LogP contribution in [-0.2, 0) is 14.3 Å². The van der Waals surface area contributed by atoms with Crippen LogP contribution in [0.3, 0.4) is 0 Å². The highest BCUT2D eigenvalue weighted by Crippen LogP contribution is 2.55. The molecule has 37 heavy (non-hydrogen) atoms. The lowest BCUT2D eigenvalue weighted by molar-refractivity contribution is -0.141. The van der Waals surface area contributed by atoms with Gasteiger partial charge in [-0.25, -0.2) is 18.6 Å². The molecule has 10 nitrogen and oxygen atoms in total. The lowest BCUT2D eigenvalue weighted by Gasteiger charge is -2.15. The summed E-state index contributed by atoms with van der Waals surface area (Å²) in [6, 6.07) is 9.75. The number of aliphatic carboxylic acids is 1. The van der Waals surface area contributed by atoms with Crippen molar-refractivity contribution in [2.24, 2.45) is 11.8 Å². The number of nitrogens with one attached hydrogen (secondary N) is 2. The van der Waals surface area contributed by atoms with E-state index in [1.54, 1.807) is 38.1 Å². The molecule has 1 aromatic carbocycles. The highest BCUT2D eigenvalue weighted by atomic mass is 35.5. The van der Waals surface area contributed by atoms with Crippen molar-refractivity contribution < 1.29 is 37.5 Å². The van der Waals surface area contributed by atoms with Gasteiger partial charge >= 0.3 is 12.1 Å². The van der Waals surface area contributed by atoms with E-state index in [1.807, 2.05) is 0 Å². The Hall–Kier alpha value is -4.06. The van der Waals surface area contributed by atoms with Crippen LogP contribution in [0.25, 0.3) is 11.5 Å². The molecule has 0 spiro atoms. The minimum Gasteiger partial charge on any atom is -0.481 e. The summed E-state index contributed by atoms with van der Waals surface area (Å²) in [4.78, 5) is 40.0. The minimum atomic E-state index is -3.62. The maximum atomic E-state index is 13.7. The lowest BCUT2D eigenvalue weighted by atomic mass is 10.1. The Labute approximate surface area is 214 Å². The molecular weight excluding hydrogens is 514 g/mol. The largest absolute Gasteiger partial charge is 0.481 e. The van der Waals surface area contributed by atoms with E-state index < -0.39 is 41.8 Å². The van der Waals surface area contributed by atoms with Gasteiger partial charge in [-0.05, 0) is 39.0 Å². The van der Waals surface area contributed by atoms with Gasteiger partial charge in [-0.3, -0.25) is 14.9 Å². The van der Waals surface area contributed by atoms with Gasteiger partial charge in [-0.2, -0.15) is 0 Å². The smallest absolute Gasteiger partial charge is 0.412 e. The van der Waals surface area contributed by atoms with Crippen LogP contribution in [0.1, 0.15) is 30.0 Å². The topological polar surface area (TPSA) is 144 Å². The molecule has 13 heteroatoms. The second-order valence-corrected chi connectivity index (χ2v) is 8.86. The Bertz CT molecular complexity index is 1400. The molecule has 2 amide bonds. The molecule has 1 aliphatic carbocycles. The third-order valence-corrected chi connectivity index (χ3v) is 6.24. The molecule has 0 saturated heterocycles. The molecule has 0 radical (unpaired) electrons. The van der Waals surface area contributed by atoms with Crippen molar-refractivity contribution in [1.29, 1.82) is 0 Å². The summed E-state index contributed by atoms with van der Waals surface area (Å²) in [7, 11) is 0. The number of aryl methyl sites for hydroxylation is 2. The van der Waals surface area contributed by atoms with Crippen molar-refractivity contribution in [2.75, 3.05) is 10.6 Å². The van der Waals surface area contributed by atoms with Crippen LogP contribution < -0.4 is 10.6 Å². The summed E-state index contributed by atoms with van der Waals surface area (Å²) in [5.41, 5.74) is 1.73. The normalized spacial score (nSPS) is 18.5. The number of carboxylic acid groups (broad SMARTS) is 1. The number of carbonyl (C=O) groups is 3. The van der Waals surface area contributed by atoms with Gasteiger partial charge in [0.1, 0.15) is 35.0 Å². The van der Waals surface area contributed by atoms with Crippen molar-refractivity contribution in [3.63, 3.8) is 0 Å². The Balaban J connectivity index is 1.48. The average molecular weight is 535 g/mol. The monoisotopic (exact) mass is 534 g/mol. The first-order chi connectivity index (χ1) is 17.4. The number of benzene rings is 1. The lowest BCUT2D eigenvalue weighted by Crippen LogP contribution is -2.19. The van der Waals surface area contributed by atoms with E-state index in [1.165, 1.54) is 19.1 Å². The molecule has 1 saturated carbocycles. The third-order valence-electron chi connectivity index (χ3n) is 5.90. The Morgan fingerprint density at radius 1 is 1.11 bits per heavy atom. The van der Waals surface area contributed by atoms with E-state index in [4.69, 9.17) is 26.0 Å². The molecule has 0 aliphatic heterocycles. The van der Waals surface area contributed by atoms with E-state index in [-0.39, 0.29) is 28.5 Å². The van der Waals surface area contributed by atoms with Crippen LogP contribution in [0.15, 0.2) is 40.9 Å². The number of nitrogens with zero attached hydrogens (tertiary/aromatic N) is 2. The van der Waals surface area contributed by atoms with Crippen LogP contribution in [0.5, 0.6) is 0 Å². The van der Waals surface area contributed by atoms with Crippen LogP contribution in [-0.4, -0.2) is 39.1 Å². The van der Waals surface area contributed by atoms with Crippen LogP contribution in [0, 0.1) is 25.7 Å². The van der Waals surface area contributed by atoms with E-state index in [0.717, 1.165) is 0 Å². The number of hydrogen-bond acceptors (Lipinski definition) is 7. The van der Waals surface area contributed by atoms with Gasteiger partial charge in [-0.1, -0.05) is 35.0 Å². The fraction of sp³-hybridized carbons (Fsp3) is 0.292. The summed E-state index contributed by atoms with van der Waals surface area (Å²) in [5.74, 6) is -10.4. The number of alkyl halides is 2. The molecule has 2 heterocycles. The predicted molar refractivity (Wildman–Crippen MR) is 127 cm³/mol. The molecular formula is C24H21ClF2N4O6. The number of halogens is 3. The molecule has 194 valence electrons. The summed E-state index contributed by atoms with van der Waals surface area (Å²) >= 11 is 6.16. The van der Waals surface area contributed by atoms with E-state index in [0.29, 0.717) is 16.3 Å². The Morgan fingerprint density at radius 3 is 2.43 bits per heavy atom. The first-order valence-electron chi connectivity index (χ1n) is 11.0. The molecule has 0 bridgehead atoms. The zero-order chi connectivity index (χ0) is 27.1. The molecule has 1 aliphatic rings. The maximum Gasteiger partial charge on any atom is 0.412 e. The zero-order valence-corrected chi connectivity index (χ0v) is 20.5. The van der Waals surface area contributed by atoms with Crippen molar-refractivity contribution in [3.05, 3.63) is 58.4 Å². The van der Waals surface area contributed by atoms with Crippen LogP contribution in [0.2, 0.25) is 5.02 Å². The average Bonchev–Trinajstić information content (AvgIpc) is 3.25. The number of rotatable bonds is 7. The molecule has 1 fully saturated rings. The summed E-state index contributed by atoms with van der Waals surface area (Å²) in [6.07, 6.45) is -1.45. The van der Waals surface area contributed by atoms with Gasteiger partial charge in [0.05, 0.1) is 11.4 Å². The van der Waals surface area contributed by atoms with Crippen LogP contribution in [0.4, 0.5) is 25.0 Å². The SMILES string of the molecule is Cc1nc(-c2onc(C)c2NC(=O)O[C@H](C)c2ccccc2Cl)ccc1NC(=O)[C@H]1[C@H](C(=O)O)C1(F)F. The predicted octanol–water partition coefficient (Wildman–Crippen LogP) is 5.22. The number of anilines is 2. The number of carbonyl (C=O) groups excluding carboxylic acids is 2. The number of pyridine rings is 1. The van der Waals surface area contributed by atoms with Crippen molar-refractivity contribution >= 4 is 40.9 Å². The second kappa shape index (κ2) is 9.77. The molecule has 3 atom stereocenters. The number of carboxylic acids is 1. The van der Waals surface area contributed by atoms with Crippen molar-refractivity contribution in [1.82, 2.24) is 10.1 Å². The molecule has 3 N–H and O–H groups in total. The van der Waals surface area contributed by atoms with Gasteiger partial charge in [0.25, 0.3) is 5.92 Å². The fourth-order valence-electron chi connectivity index (χ4n) is 3.84. The van der Waals surface area contributed by atoms with Gasteiger partial charge in [0, 0.05) is 10.6 Å². The molecule has 0 unspecified atom stereocenters. The number of amides is 2. The summed E-state index contributed by atoms with van der Waals surface area (Å²) < 4.78 is 38.1. The van der Waals surface area contributed by atoms with E-state index in [2.05, 4.69) is 20.8 Å². The highest BCUT2D eigenvalue weighted by molar-refractivity contribution is 6.31. The third kappa shape index (κ3) is 5.10. The number of aromatic nitrogens is 2. The Morgan fingerprint density at radius 2 is 1.81 bits per heavy atom. The first kappa shape index (κ1) is 26.0. The number of ether oxygens (including phenoxy) is 1. The van der Waals surface area contributed by atoms with Gasteiger partial charge < -0.3 is 19.7 Å². The Kier molecular flexibility index (Phi) is 6.87. The first-order valence-corrected chi connectivity index (χ1v) is 11.4. The molecule has 3 aromatic rings.